The van der Waals surface area contributed by atoms with Crippen molar-refractivity contribution in [2.45, 2.75) is 29.8 Å². The van der Waals surface area contributed by atoms with Crippen LogP contribution in [0.2, 0.25) is 0 Å². The molecule has 0 aliphatic carbocycles. The first kappa shape index (κ1) is 11.3. The Balaban J connectivity index is 2.37. The fourth-order valence-corrected chi connectivity index (χ4v) is 3.26. The van der Waals surface area contributed by atoms with Crippen LogP contribution in [-0.4, -0.2) is 25.7 Å². The van der Waals surface area contributed by atoms with Gasteiger partial charge in [0.25, 0.3) is 0 Å². The molecule has 5 heteroatoms. The summed E-state index contributed by atoms with van der Waals surface area (Å²) in [6.07, 6.45) is -0.160. The molecule has 1 aromatic carbocycles. The predicted octanol–water partition coefficient (Wildman–Crippen LogP) is 1.16. The second kappa shape index (κ2) is 3.99. The summed E-state index contributed by atoms with van der Waals surface area (Å²) in [7, 11) is -3.69. The Morgan fingerprint density at radius 3 is 2.38 bits per heavy atom. The molecule has 0 aromatic heterocycles. The summed E-state index contributed by atoms with van der Waals surface area (Å²) >= 11 is 0. The number of carbonyl (C=O) groups is 1. The van der Waals surface area contributed by atoms with Crippen LogP contribution in [0.15, 0.2) is 35.2 Å². The fraction of sp³-hybridized carbons (Fsp3) is 0.364. The molecule has 0 saturated carbocycles. The second-order valence-corrected chi connectivity index (χ2v) is 5.80. The Bertz CT molecular complexity index is 492. The summed E-state index contributed by atoms with van der Waals surface area (Å²) in [4.78, 5) is 11.6. The molecular formula is C11H12O4S. The molecule has 0 radical (unpaired) electrons. The van der Waals surface area contributed by atoms with Crippen LogP contribution in [0.4, 0.5) is 0 Å². The molecule has 1 aliphatic heterocycles. The van der Waals surface area contributed by atoms with Gasteiger partial charge in [-0.05, 0) is 19.1 Å². The van der Waals surface area contributed by atoms with E-state index >= 15 is 0 Å². The Labute approximate surface area is 94.2 Å². The molecule has 1 fully saturated rings. The average Bonchev–Trinajstić information content (AvgIpc) is 2.60. The standard InChI is InChI=1S/C11H12O4S/c1-8-7-10(12)11(15-8)16(13,14)9-5-3-2-4-6-9/h2-6,8,11H,7H2,1H3. The number of hydrogen-bond donors (Lipinski definition) is 0. The van der Waals surface area contributed by atoms with Gasteiger partial charge in [0.2, 0.25) is 15.3 Å². The van der Waals surface area contributed by atoms with E-state index in [4.69, 9.17) is 4.74 Å². The zero-order chi connectivity index (χ0) is 11.8. The van der Waals surface area contributed by atoms with Crippen LogP contribution < -0.4 is 0 Å². The molecule has 0 spiro atoms. The van der Waals surface area contributed by atoms with Crippen molar-refractivity contribution >= 4 is 15.6 Å². The lowest BCUT2D eigenvalue weighted by molar-refractivity contribution is -0.119. The third kappa shape index (κ3) is 1.88. The molecule has 1 saturated heterocycles. The first-order chi connectivity index (χ1) is 7.51. The highest BCUT2D eigenvalue weighted by Gasteiger charge is 2.41. The monoisotopic (exact) mass is 240 g/mol. The van der Waals surface area contributed by atoms with Gasteiger partial charge in [-0.3, -0.25) is 4.79 Å². The van der Waals surface area contributed by atoms with Crippen molar-refractivity contribution in [3.05, 3.63) is 30.3 Å². The van der Waals surface area contributed by atoms with Gasteiger partial charge in [-0.25, -0.2) is 8.42 Å². The van der Waals surface area contributed by atoms with Crippen LogP contribution in [0.25, 0.3) is 0 Å². The molecule has 4 nitrogen and oxygen atoms in total. The summed E-state index contributed by atoms with van der Waals surface area (Å²) in [5, 5.41) is 0. The number of hydrogen-bond acceptors (Lipinski definition) is 4. The average molecular weight is 240 g/mol. The summed E-state index contributed by atoms with van der Waals surface area (Å²) < 4.78 is 29.2. The molecule has 0 N–H and O–H groups in total. The van der Waals surface area contributed by atoms with Crippen LogP contribution in [0.5, 0.6) is 0 Å². The maximum absolute atomic E-state index is 12.0. The first-order valence-corrected chi connectivity index (χ1v) is 6.53. The van der Waals surface area contributed by atoms with E-state index in [2.05, 4.69) is 0 Å². The molecule has 1 heterocycles. The SMILES string of the molecule is CC1CC(=O)C(S(=O)(=O)c2ccccc2)O1. The number of ketones is 1. The summed E-state index contributed by atoms with van der Waals surface area (Å²) in [5.41, 5.74) is -1.33. The third-order valence-electron chi connectivity index (χ3n) is 2.46. The Morgan fingerprint density at radius 1 is 1.25 bits per heavy atom. The van der Waals surface area contributed by atoms with E-state index in [0.717, 1.165) is 0 Å². The van der Waals surface area contributed by atoms with E-state index in [-0.39, 0.29) is 23.2 Å². The predicted molar refractivity (Wildman–Crippen MR) is 57.6 cm³/mol. The van der Waals surface area contributed by atoms with Crippen molar-refractivity contribution in [3.8, 4) is 0 Å². The first-order valence-electron chi connectivity index (χ1n) is 4.99. The van der Waals surface area contributed by atoms with Gasteiger partial charge in [0.1, 0.15) is 0 Å². The van der Waals surface area contributed by atoms with Crippen LogP contribution >= 0.6 is 0 Å². The third-order valence-corrected chi connectivity index (χ3v) is 4.33. The van der Waals surface area contributed by atoms with Gasteiger partial charge in [-0.15, -0.1) is 0 Å². The second-order valence-electron chi connectivity index (χ2n) is 3.81. The lowest BCUT2D eigenvalue weighted by Crippen LogP contribution is -2.27. The topological polar surface area (TPSA) is 60.4 Å². The highest BCUT2D eigenvalue weighted by Crippen LogP contribution is 2.25. The van der Waals surface area contributed by atoms with E-state index in [1.165, 1.54) is 12.1 Å². The number of benzene rings is 1. The maximum Gasteiger partial charge on any atom is 0.221 e. The molecule has 86 valence electrons. The Morgan fingerprint density at radius 2 is 1.88 bits per heavy atom. The molecule has 16 heavy (non-hydrogen) atoms. The van der Waals surface area contributed by atoms with Gasteiger partial charge in [0, 0.05) is 6.42 Å². The van der Waals surface area contributed by atoms with Crippen molar-refractivity contribution in [1.82, 2.24) is 0 Å². The van der Waals surface area contributed by atoms with E-state index < -0.39 is 15.3 Å². The van der Waals surface area contributed by atoms with E-state index in [1.807, 2.05) is 0 Å². The highest BCUT2D eigenvalue weighted by atomic mass is 32.2. The van der Waals surface area contributed by atoms with Crippen molar-refractivity contribution in [3.63, 3.8) is 0 Å². The van der Waals surface area contributed by atoms with Crippen molar-refractivity contribution in [1.29, 1.82) is 0 Å². The number of ether oxygens (including phenoxy) is 1. The number of rotatable bonds is 2. The van der Waals surface area contributed by atoms with Crippen LogP contribution in [0.3, 0.4) is 0 Å². The van der Waals surface area contributed by atoms with Gasteiger partial charge in [0.15, 0.2) is 5.78 Å². The summed E-state index contributed by atoms with van der Waals surface area (Å²) in [5.74, 6) is -0.364. The zero-order valence-corrected chi connectivity index (χ0v) is 9.61. The zero-order valence-electron chi connectivity index (χ0n) is 8.79. The molecular weight excluding hydrogens is 228 g/mol. The molecule has 1 aromatic rings. The minimum Gasteiger partial charge on any atom is -0.351 e. The normalized spacial score (nSPS) is 25.9. The molecule has 2 rings (SSSR count). The van der Waals surface area contributed by atoms with Gasteiger partial charge < -0.3 is 4.74 Å². The fourth-order valence-electron chi connectivity index (χ4n) is 1.69. The molecule has 0 amide bonds. The minimum atomic E-state index is -3.69. The van der Waals surface area contributed by atoms with Gasteiger partial charge in [-0.2, -0.15) is 0 Å². The maximum atomic E-state index is 12.0. The van der Waals surface area contributed by atoms with Crippen molar-refractivity contribution in [2.24, 2.45) is 0 Å². The van der Waals surface area contributed by atoms with Gasteiger partial charge >= 0.3 is 0 Å². The Hall–Kier alpha value is -1.20. The molecule has 0 bridgehead atoms. The van der Waals surface area contributed by atoms with Gasteiger partial charge in [0.05, 0.1) is 11.0 Å². The van der Waals surface area contributed by atoms with Crippen molar-refractivity contribution in [2.75, 3.05) is 0 Å². The minimum absolute atomic E-state index is 0.127. The van der Waals surface area contributed by atoms with Gasteiger partial charge in [-0.1, -0.05) is 18.2 Å². The molecule has 2 atom stereocenters. The van der Waals surface area contributed by atoms with E-state index in [1.54, 1.807) is 25.1 Å². The highest BCUT2D eigenvalue weighted by molar-refractivity contribution is 7.92. The molecule has 1 aliphatic rings. The Kier molecular flexibility index (Phi) is 2.82. The van der Waals surface area contributed by atoms with Crippen LogP contribution in [0.1, 0.15) is 13.3 Å². The van der Waals surface area contributed by atoms with E-state index in [0.29, 0.717) is 0 Å². The summed E-state index contributed by atoms with van der Waals surface area (Å²) in [6.45, 7) is 1.69. The smallest absolute Gasteiger partial charge is 0.221 e. The number of Topliss-reactive ketones (excluding diaryl/α,β-unsaturated/α-hetero) is 1. The number of carbonyl (C=O) groups excluding carboxylic acids is 1. The largest absolute Gasteiger partial charge is 0.351 e. The van der Waals surface area contributed by atoms with Crippen LogP contribution in [-0.2, 0) is 19.4 Å². The number of sulfone groups is 1. The molecule has 2 unspecified atom stereocenters. The lowest BCUT2D eigenvalue weighted by atomic mass is 10.2. The van der Waals surface area contributed by atoms with Crippen LogP contribution in [0, 0.1) is 0 Å². The quantitative estimate of drug-likeness (QED) is 0.778. The van der Waals surface area contributed by atoms with E-state index in [9.17, 15) is 13.2 Å². The summed E-state index contributed by atoms with van der Waals surface area (Å²) in [6, 6.07) is 7.90. The van der Waals surface area contributed by atoms with Crippen molar-refractivity contribution < 1.29 is 17.9 Å². The lowest BCUT2D eigenvalue weighted by Gasteiger charge is -2.10.